The summed E-state index contributed by atoms with van der Waals surface area (Å²) >= 11 is 0. The van der Waals surface area contributed by atoms with Crippen molar-refractivity contribution in [2.24, 2.45) is 0 Å². The van der Waals surface area contributed by atoms with E-state index in [0.717, 1.165) is 4.57 Å². The summed E-state index contributed by atoms with van der Waals surface area (Å²) in [4.78, 5) is 10.8. The van der Waals surface area contributed by atoms with Crippen LogP contribution < -0.4 is 5.76 Å². The third-order valence-corrected chi connectivity index (χ3v) is 1.60. The molecule has 0 saturated carbocycles. The molecule has 0 aliphatic heterocycles. The lowest BCUT2D eigenvalue weighted by Crippen LogP contribution is -2.16. The van der Waals surface area contributed by atoms with Gasteiger partial charge in [0.25, 0.3) is 0 Å². The number of aryl methyl sites for hydroxylation is 1. The van der Waals surface area contributed by atoms with Crippen LogP contribution in [0.15, 0.2) is 21.0 Å². The number of hydrogen-bond acceptors (Lipinski definition) is 4. The summed E-state index contributed by atoms with van der Waals surface area (Å²) in [5.41, 5.74) is 0. The number of aliphatic hydroxyl groups is 1. The van der Waals surface area contributed by atoms with E-state index in [1.54, 1.807) is 0 Å². The molecule has 14 heavy (non-hydrogen) atoms. The molecule has 78 valence electrons. The number of aliphatic hydroxyl groups excluding tert-OH is 1. The van der Waals surface area contributed by atoms with Crippen molar-refractivity contribution in [3.05, 3.63) is 28.0 Å². The summed E-state index contributed by atoms with van der Waals surface area (Å²) in [6, 6.07) is 0. The largest absolute Gasteiger partial charge is 0.441 e. The second-order valence-corrected chi connectivity index (χ2v) is 2.55. The Balaban J connectivity index is 2.95. The fourth-order valence-corrected chi connectivity index (χ4v) is 0.825. The van der Waals surface area contributed by atoms with E-state index in [9.17, 15) is 13.6 Å². The molecule has 5 nitrogen and oxygen atoms in total. The first kappa shape index (κ1) is 10.6. The topological polar surface area (TPSA) is 68.3 Å². The van der Waals surface area contributed by atoms with Gasteiger partial charge in [0.15, 0.2) is 17.5 Å². The Morgan fingerprint density at radius 2 is 2.21 bits per heavy atom. The molecule has 0 aliphatic rings. The SMILES string of the molecule is Cc1noc(=O)n1CC(F)=C(F)CO. The van der Waals surface area contributed by atoms with E-state index >= 15 is 0 Å². The zero-order chi connectivity index (χ0) is 10.7. The first-order valence-corrected chi connectivity index (χ1v) is 3.73. The molecule has 1 aromatic rings. The van der Waals surface area contributed by atoms with Gasteiger partial charge in [-0.15, -0.1) is 0 Å². The second-order valence-electron chi connectivity index (χ2n) is 2.55. The van der Waals surface area contributed by atoms with Crippen LogP contribution in [0.2, 0.25) is 0 Å². The summed E-state index contributed by atoms with van der Waals surface area (Å²) in [5, 5.41) is 11.5. The number of nitrogens with zero attached hydrogens (tertiary/aromatic N) is 2. The minimum Gasteiger partial charge on any atom is -0.389 e. The molecular weight excluding hydrogens is 198 g/mol. The molecule has 0 amide bonds. The molecule has 1 N–H and O–H groups in total. The van der Waals surface area contributed by atoms with Gasteiger partial charge in [0.2, 0.25) is 0 Å². The molecule has 0 atom stereocenters. The van der Waals surface area contributed by atoms with Crippen molar-refractivity contribution in [3.63, 3.8) is 0 Å². The van der Waals surface area contributed by atoms with E-state index in [1.807, 2.05) is 0 Å². The Labute approximate surface area is 77.2 Å². The maximum Gasteiger partial charge on any atom is 0.441 e. The lowest BCUT2D eigenvalue weighted by Gasteiger charge is -1.99. The zero-order valence-electron chi connectivity index (χ0n) is 7.33. The highest BCUT2D eigenvalue weighted by Gasteiger charge is 2.11. The van der Waals surface area contributed by atoms with Crippen molar-refractivity contribution in [2.75, 3.05) is 6.61 Å². The number of aromatic nitrogens is 2. The highest BCUT2D eigenvalue weighted by atomic mass is 19.2. The summed E-state index contributed by atoms with van der Waals surface area (Å²) in [6.45, 7) is -0.250. The first-order valence-electron chi connectivity index (χ1n) is 3.73. The van der Waals surface area contributed by atoms with Crippen molar-refractivity contribution in [3.8, 4) is 0 Å². The maximum absolute atomic E-state index is 12.8. The monoisotopic (exact) mass is 206 g/mol. The van der Waals surface area contributed by atoms with Gasteiger partial charge in [-0.3, -0.25) is 9.09 Å². The molecule has 0 unspecified atom stereocenters. The van der Waals surface area contributed by atoms with Gasteiger partial charge in [-0.2, -0.15) is 0 Å². The number of hydrogen-bond donors (Lipinski definition) is 1. The van der Waals surface area contributed by atoms with Crippen LogP contribution in [0, 0.1) is 6.92 Å². The molecule has 0 saturated heterocycles. The van der Waals surface area contributed by atoms with Gasteiger partial charge in [0, 0.05) is 0 Å². The van der Waals surface area contributed by atoms with E-state index in [-0.39, 0.29) is 5.82 Å². The summed E-state index contributed by atoms with van der Waals surface area (Å²) in [7, 11) is 0. The van der Waals surface area contributed by atoms with E-state index in [4.69, 9.17) is 5.11 Å². The molecular formula is C7H8F2N2O3. The normalized spacial score (nSPS) is 12.9. The zero-order valence-corrected chi connectivity index (χ0v) is 7.33. The van der Waals surface area contributed by atoms with Gasteiger partial charge < -0.3 is 5.11 Å². The van der Waals surface area contributed by atoms with Gasteiger partial charge in [-0.1, -0.05) is 5.16 Å². The van der Waals surface area contributed by atoms with Crippen LogP contribution in [0.3, 0.4) is 0 Å². The summed E-state index contributed by atoms with van der Waals surface area (Å²) in [5.74, 6) is -3.27. The Hall–Kier alpha value is -1.50. The quantitative estimate of drug-likeness (QED) is 0.771. The third kappa shape index (κ3) is 2.05. The first-order chi connectivity index (χ1) is 6.56. The van der Waals surface area contributed by atoms with Crippen LogP contribution in [0.4, 0.5) is 8.78 Å². The molecule has 0 radical (unpaired) electrons. The number of halogens is 2. The van der Waals surface area contributed by atoms with Gasteiger partial charge >= 0.3 is 5.76 Å². The standard InChI is InChI=1S/C7H8F2N2O3/c1-4-10-14-7(13)11(4)2-5(8)6(9)3-12/h12H,2-3H2,1H3. The molecule has 1 heterocycles. The highest BCUT2D eigenvalue weighted by Crippen LogP contribution is 2.09. The Morgan fingerprint density at radius 1 is 1.57 bits per heavy atom. The molecule has 7 heteroatoms. The molecule has 0 fully saturated rings. The minimum absolute atomic E-state index is 0.135. The van der Waals surface area contributed by atoms with Crippen LogP contribution in [0.25, 0.3) is 0 Å². The molecule has 0 spiro atoms. The average molecular weight is 206 g/mol. The average Bonchev–Trinajstić information content (AvgIpc) is 2.48. The van der Waals surface area contributed by atoms with E-state index in [0.29, 0.717) is 0 Å². The van der Waals surface area contributed by atoms with Crippen LogP contribution in [-0.4, -0.2) is 21.4 Å². The van der Waals surface area contributed by atoms with E-state index in [1.165, 1.54) is 6.92 Å². The fourth-order valence-electron chi connectivity index (χ4n) is 0.825. The number of rotatable bonds is 3. The lowest BCUT2D eigenvalue weighted by atomic mass is 10.4. The highest BCUT2D eigenvalue weighted by molar-refractivity contribution is 5.00. The molecule has 1 rings (SSSR count). The fraction of sp³-hybridized carbons (Fsp3) is 0.429. The van der Waals surface area contributed by atoms with Crippen LogP contribution in [-0.2, 0) is 6.54 Å². The van der Waals surface area contributed by atoms with E-state index in [2.05, 4.69) is 9.68 Å². The van der Waals surface area contributed by atoms with Gasteiger partial charge in [-0.25, -0.2) is 13.6 Å². The Bertz CT molecular complexity index is 407. The molecule has 0 bridgehead atoms. The third-order valence-electron chi connectivity index (χ3n) is 1.60. The number of allylic oxidation sites excluding steroid dienone is 1. The maximum atomic E-state index is 12.8. The van der Waals surface area contributed by atoms with Crippen molar-refractivity contribution in [1.82, 2.24) is 9.72 Å². The van der Waals surface area contributed by atoms with Crippen molar-refractivity contribution < 1.29 is 18.4 Å². The van der Waals surface area contributed by atoms with Crippen molar-refractivity contribution in [1.29, 1.82) is 0 Å². The van der Waals surface area contributed by atoms with Crippen LogP contribution >= 0.6 is 0 Å². The van der Waals surface area contributed by atoms with Gasteiger partial charge in [-0.05, 0) is 6.92 Å². The molecule has 1 aromatic heterocycles. The predicted molar refractivity (Wildman–Crippen MR) is 41.8 cm³/mol. The summed E-state index contributed by atoms with van der Waals surface area (Å²) < 4.78 is 30.3. The van der Waals surface area contributed by atoms with Crippen LogP contribution in [0.5, 0.6) is 0 Å². The smallest absolute Gasteiger partial charge is 0.389 e. The van der Waals surface area contributed by atoms with E-state index < -0.39 is 30.6 Å². The lowest BCUT2D eigenvalue weighted by molar-refractivity contribution is 0.285. The van der Waals surface area contributed by atoms with Crippen LogP contribution in [0.1, 0.15) is 5.82 Å². The summed E-state index contributed by atoms with van der Waals surface area (Å²) in [6.07, 6.45) is 0. The predicted octanol–water partition coefficient (Wildman–Crippen LogP) is 0.288. The van der Waals surface area contributed by atoms with Crippen molar-refractivity contribution >= 4 is 0 Å². The molecule has 0 aliphatic carbocycles. The van der Waals surface area contributed by atoms with Gasteiger partial charge in [0.05, 0.1) is 13.2 Å². The molecule has 0 aromatic carbocycles. The van der Waals surface area contributed by atoms with Crippen molar-refractivity contribution in [2.45, 2.75) is 13.5 Å². The second kappa shape index (κ2) is 4.14. The Kier molecular flexibility index (Phi) is 3.13. The Morgan fingerprint density at radius 3 is 2.64 bits per heavy atom. The van der Waals surface area contributed by atoms with Gasteiger partial charge in [0.1, 0.15) is 0 Å². The minimum atomic E-state index is -1.31.